The molecular formula is C27H40F2N6O4. The van der Waals surface area contributed by atoms with E-state index >= 15 is 0 Å². The second kappa shape index (κ2) is 12.7. The molecule has 2 aliphatic rings. The Labute approximate surface area is 227 Å². The molecule has 12 heteroatoms. The molecule has 4 atom stereocenters. The normalized spacial score (nSPS) is 24.4. The van der Waals surface area contributed by atoms with Gasteiger partial charge in [0.2, 0.25) is 0 Å². The molecule has 4 heterocycles. The van der Waals surface area contributed by atoms with Crippen molar-refractivity contribution in [1.29, 1.82) is 0 Å². The highest BCUT2D eigenvalue weighted by Crippen LogP contribution is 2.25. The SMILES string of the molecule is CN1CC[C@@H](n2cccc(N)c2=O)[C@H](F)C1.CN1CC[C@@H](n2cccc(NC(=O)OC(C)(C)C)c2=O)[C@H](F)C1. The molecule has 1 amide bonds. The third-order valence-corrected chi connectivity index (χ3v) is 6.75. The molecule has 3 N–H and O–H groups in total. The molecular weight excluding hydrogens is 510 g/mol. The number of ether oxygens (including phenoxy) is 1. The lowest BCUT2D eigenvalue weighted by atomic mass is 10.0. The van der Waals surface area contributed by atoms with E-state index in [-0.39, 0.29) is 23.0 Å². The Morgan fingerprint density at radius 1 is 0.923 bits per heavy atom. The number of anilines is 2. The first-order valence-electron chi connectivity index (χ1n) is 13.1. The predicted octanol–water partition coefficient (Wildman–Crippen LogP) is 3.06. The second-order valence-electron chi connectivity index (χ2n) is 11.2. The van der Waals surface area contributed by atoms with Crippen LogP contribution in [0, 0.1) is 0 Å². The number of carbonyl (C=O) groups excluding carboxylic acids is 1. The van der Waals surface area contributed by atoms with E-state index in [9.17, 15) is 23.2 Å². The number of hydrogen-bond donors (Lipinski definition) is 2. The summed E-state index contributed by atoms with van der Waals surface area (Å²) in [6.07, 6.45) is 1.52. The first-order valence-corrected chi connectivity index (χ1v) is 13.1. The Morgan fingerprint density at radius 2 is 1.41 bits per heavy atom. The van der Waals surface area contributed by atoms with Crippen molar-refractivity contribution in [3.63, 3.8) is 0 Å². The topological polar surface area (TPSA) is 115 Å². The third kappa shape index (κ3) is 8.12. The van der Waals surface area contributed by atoms with Gasteiger partial charge >= 0.3 is 6.09 Å². The lowest BCUT2D eigenvalue weighted by Gasteiger charge is -2.33. The maximum Gasteiger partial charge on any atom is 0.412 e. The molecule has 0 saturated carbocycles. The molecule has 0 radical (unpaired) electrons. The minimum absolute atomic E-state index is 0.0906. The number of nitrogens with zero attached hydrogens (tertiary/aromatic N) is 4. The average Bonchev–Trinajstić information content (AvgIpc) is 2.82. The van der Waals surface area contributed by atoms with Gasteiger partial charge in [0.1, 0.15) is 23.6 Å². The standard InChI is InChI=1S/C16H24FN3O3.C11H16FN3O/c1-16(2,3)23-15(22)18-12-6-5-8-20(14(12)21)13-7-9-19(4)10-11(13)17;1-14-6-4-10(8(12)7-14)15-5-2-3-9(13)11(15)16/h5-6,8,11,13H,7,9-10H2,1-4H3,(H,18,22);2-3,5,8,10H,4,6-7,13H2,1H3/t11-,13-;8-,10-/m11/s1. The highest BCUT2D eigenvalue weighted by molar-refractivity contribution is 5.84. The van der Waals surface area contributed by atoms with Gasteiger partial charge in [-0.05, 0) is 72.0 Å². The number of piperidine rings is 2. The Hall–Kier alpha value is -3.25. The lowest BCUT2D eigenvalue weighted by Crippen LogP contribution is -2.43. The Kier molecular flexibility index (Phi) is 9.89. The number of carbonyl (C=O) groups is 1. The van der Waals surface area contributed by atoms with E-state index in [1.807, 2.05) is 23.9 Å². The average molecular weight is 551 g/mol. The molecule has 4 rings (SSSR count). The van der Waals surface area contributed by atoms with Gasteiger partial charge in [-0.1, -0.05) is 0 Å². The summed E-state index contributed by atoms with van der Waals surface area (Å²) in [5.41, 5.74) is 4.43. The number of alkyl halides is 2. The van der Waals surface area contributed by atoms with Crippen LogP contribution in [0.25, 0.3) is 0 Å². The van der Waals surface area contributed by atoms with E-state index in [0.29, 0.717) is 25.9 Å². The van der Waals surface area contributed by atoms with Gasteiger partial charge in [0.05, 0.1) is 17.8 Å². The smallest absolute Gasteiger partial charge is 0.412 e. The van der Waals surface area contributed by atoms with Gasteiger partial charge in [-0.2, -0.15) is 0 Å². The molecule has 2 aliphatic heterocycles. The predicted molar refractivity (Wildman–Crippen MR) is 148 cm³/mol. The number of rotatable bonds is 3. The van der Waals surface area contributed by atoms with Crippen LogP contribution in [0.3, 0.4) is 0 Å². The van der Waals surface area contributed by atoms with Gasteiger partial charge in [-0.15, -0.1) is 0 Å². The minimum Gasteiger partial charge on any atom is -0.444 e. The number of halogens is 2. The largest absolute Gasteiger partial charge is 0.444 e. The van der Waals surface area contributed by atoms with Crippen molar-refractivity contribution < 1.29 is 18.3 Å². The zero-order valence-electron chi connectivity index (χ0n) is 23.3. The number of aromatic nitrogens is 2. The fraction of sp³-hybridized carbons (Fsp3) is 0.593. The van der Waals surface area contributed by atoms with Crippen molar-refractivity contribution >= 4 is 17.5 Å². The molecule has 0 bridgehead atoms. The van der Waals surface area contributed by atoms with Crippen LogP contribution in [0.2, 0.25) is 0 Å². The number of likely N-dealkylation sites (tertiary alicyclic amines) is 2. The van der Waals surface area contributed by atoms with Crippen molar-refractivity contribution in [1.82, 2.24) is 18.9 Å². The summed E-state index contributed by atoms with van der Waals surface area (Å²) < 4.78 is 36.0. The molecule has 10 nitrogen and oxygen atoms in total. The first-order chi connectivity index (χ1) is 18.3. The zero-order valence-corrected chi connectivity index (χ0v) is 23.3. The monoisotopic (exact) mass is 550 g/mol. The van der Waals surface area contributed by atoms with E-state index < -0.39 is 35.6 Å². The molecule has 2 aromatic heterocycles. The van der Waals surface area contributed by atoms with Gasteiger partial charge in [-0.25, -0.2) is 13.6 Å². The second-order valence-corrected chi connectivity index (χ2v) is 11.2. The first kappa shape index (κ1) is 30.3. The quantitative estimate of drug-likeness (QED) is 0.604. The number of amides is 1. The maximum absolute atomic E-state index is 14.3. The van der Waals surface area contributed by atoms with Gasteiger partial charge in [0.25, 0.3) is 11.1 Å². The third-order valence-electron chi connectivity index (χ3n) is 6.75. The Balaban J connectivity index is 0.000000230. The van der Waals surface area contributed by atoms with E-state index in [2.05, 4.69) is 5.32 Å². The van der Waals surface area contributed by atoms with Crippen LogP contribution in [0.15, 0.2) is 46.2 Å². The van der Waals surface area contributed by atoms with Crippen LogP contribution in [0.4, 0.5) is 25.0 Å². The molecule has 2 fully saturated rings. The number of nitrogens with two attached hydrogens (primary N) is 1. The summed E-state index contributed by atoms with van der Waals surface area (Å²) >= 11 is 0. The van der Waals surface area contributed by atoms with Crippen molar-refractivity contribution in [2.45, 2.75) is 63.6 Å². The van der Waals surface area contributed by atoms with Gasteiger partial charge < -0.3 is 29.4 Å². The van der Waals surface area contributed by atoms with Crippen LogP contribution >= 0.6 is 0 Å². The minimum atomic E-state index is -1.12. The van der Waals surface area contributed by atoms with E-state index in [1.165, 1.54) is 15.2 Å². The zero-order chi connectivity index (χ0) is 28.9. The molecule has 0 aromatic carbocycles. The van der Waals surface area contributed by atoms with Crippen LogP contribution < -0.4 is 22.2 Å². The molecule has 0 aliphatic carbocycles. The molecule has 39 heavy (non-hydrogen) atoms. The number of nitrogens with one attached hydrogen (secondary N) is 1. The summed E-state index contributed by atoms with van der Waals surface area (Å²) in [5, 5.41) is 2.44. The number of hydrogen-bond acceptors (Lipinski definition) is 7. The van der Waals surface area contributed by atoms with E-state index in [1.54, 1.807) is 51.4 Å². The fourth-order valence-corrected chi connectivity index (χ4v) is 4.78. The number of pyridine rings is 2. The number of nitrogen functional groups attached to an aromatic ring is 1. The Morgan fingerprint density at radius 3 is 1.90 bits per heavy atom. The van der Waals surface area contributed by atoms with Gasteiger partial charge in [0.15, 0.2) is 0 Å². The van der Waals surface area contributed by atoms with Crippen molar-refractivity contribution in [2.24, 2.45) is 0 Å². The molecule has 2 saturated heterocycles. The fourth-order valence-electron chi connectivity index (χ4n) is 4.78. The summed E-state index contributed by atoms with van der Waals surface area (Å²) in [6, 6.07) is 5.44. The van der Waals surface area contributed by atoms with Crippen molar-refractivity contribution in [2.75, 3.05) is 51.3 Å². The molecule has 216 valence electrons. The summed E-state index contributed by atoms with van der Waals surface area (Å²) in [4.78, 5) is 39.9. The van der Waals surface area contributed by atoms with Crippen LogP contribution in [-0.4, -0.2) is 83.2 Å². The van der Waals surface area contributed by atoms with Crippen molar-refractivity contribution in [3.8, 4) is 0 Å². The van der Waals surface area contributed by atoms with Crippen LogP contribution in [-0.2, 0) is 4.74 Å². The lowest BCUT2D eigenvalue weighted by molar-refractivity contribution is 0.0635. The van der Waals surface area contributed by atoms with Gasteiger partial charge in [-0.3, -0.25) is 14.9 Å². The molecule has 0 spiro atoms. The summed E-state index contributed by atoms with van der Waals surface area (Å²) in [5.74, 6) is 0. The molecule has 0 unspecified atom stereocenters. The molecule has 2 aromatic rings. The Bertz CT molecular complexity index is 1240. The van der Waals surface area contributed by atoms with E-state index in [4.69, 9.17) is 10.5 Å². The van der Waals surface area contributed by atoms with Crippen LogP contribution in [0.1, 0.15) is 45.7 Å². The summed E-state index contributed by atoms with van der Waals surface area (Å²) in [7, 11) is 3.73. The summed E-state index contributed by atoms with van der Waals surface area (Å²) in [6.45, 7) is 7.40. The highest BCUT2D eigenvalue weighted by atomic mass is 19.1. The van der Waals surface area contributed by atoms with Crippen molar-refractivity contribution in [3.05, 3.63) is 57.4 Å². The van der Waals surface area contributed by atoms with Crippen LogP contribution in [0.5, 0.6) is 0 Å². The van der Waals surface area contributed by atoms with Gasteiger partial charge in [0, 0.05) is 38.6 Å². The van der Waals surface area contributed by atoms with E-state index in [0.717, 1.165) is 13.1 Å². The highest BCUT2D eigenvalue weighted by Gasteiger charge is 2.31. The maximum atomic E-state index is 14.3.